The summed E-state index contributed by atoms with van der Waals surface area (Å²) in [4.78, 5) is 25.9. The van der Waals surface area contributed by atoms with Crippen LogP contribution in [0.25, 0.3) is 0 Å². The molecule has 1 atom stereocenters. The van der Waals surface area contributed by atoms with Gasteiger partial charge in [0.05, 0.1) is 13.2 Å². The molecule has 0 aromatic rings. The molecular formula is C6H14O7P2. The largest absolute Gasteiger partial charge is 0.392 e. The van der Waals surface area contributed by atoms with Gasteiger partial charge in [0.1, 0.15) is 0 Å². The van der Waals surface area contributed by atoms with Crippen molar-refractivity contribution in [2.45, 2.75) is 6.92 Å². The van der Waals surface area contributed by atoms with Crippen LogP contribution in [0.4, 0.5) is 0 Å². The Balaban J connectivity index is 4.18. The minimum atomic E-state index is -4.57. The Hall–Kier alpha value is -0.0000000000000000694. The molecule has 0 saturated carbocycles. The zero-order chi connectivity index (χ0) is 12.1. The first-order valence-corrected chi connectivity index (χ1v) is 7.50. The van der Waals surface area contributed by atoms with E-state index in [0.717, 1.165) is 0 Å². The van der Waals surface area contributed by atoms with Crippen LogP contribution in [0, 0.1) is 0 Å². The molecule has 1 unspecified atom stereocenters. The van der Waals surface area contributed by atoms with Gasteiger partial charge in [-0.2, -0.15) is 0 Å². The van der Waals surface area contributed by atoms with Crippen molar-refractivity contribution in [2.24, 2.45) is 0 Å². The van der Waals surface area contributed by atoms with Crippen LogP contribution in [-0.2, 0) is 13.7 Å². The highest BCUT2D eigenvalue weighted by Crippen LogP contribution is 2.55. The molecule has 0 bridgehead atoms. The summed E-state index contributed by atoms with van der Waals surface area (Å²) < 4.78 is 25.9. The van der Waals surface area contributed by atoms with Gasteiger partial charge in [-0.3, -0.25) is 9.13 Å². The summed E-state index contributed by atoms with van der Waals surface area (Å²) in [7, 11) is -8.84. The van der Waals surface area contributed by atoms with Gasteiger partial charge in [0, 0.05) is 0 Å². The van der Waals surface area contributed by atoms with Crippen LogP contribution in [0.3, 0.4) is 0 Å². The van der Waals surface area contributed by atoms with Crippen LogP contribution < -0.4 is 0 Å². The maximum absolute atomic E-state index is 11.0. The highest BCUT2D eigenvalue weighted by atomic mass is 31.2. The van der Waals surface area contributed by atoms with Gasteiger partial charge < -0.3 is 24.3 Å². The number of aliphatic hydroxyl groups excluding tert-OH is 1. The van der Waals surface area contributed by atoms with Gasteiger partial charge in [0.25, 0.3) is 0 Å². The summed E-state index contributed by atoms with van der Waals surface area (Å²) in [5.74, 6) is -1.20. The van der Waals surface area contributed by atoms with Crippen molar-refractivity contribution in [3.63, 3.8) is 0 Å². The van der Waals surface area contributed by atoms with Crippen molar-refractivity contribution in [1.82, 2.24) is 0 Å². The van der Waals surface area contributed by atoms with Gasteiger partial charge in [-0.15, -0.1) is 0 Å². The van der Waals surface area contributed by atoms with Crippen molar-refractivity contribution >= 4 is 15.2 Å². The number of rotatable bonds is 6. The fourth-order valence-electron chi connectivity index (χ4n) is 0.634. The summed E-state index contributed by atoms with van der Waals surface area (Å²) in [5.41, 5.74) is 0.533. The van der Waals surface area contributed by atoms with Crippen molar-refractivity contribution in [3.8, 4) is 0 Å². The standard InChI is InChI=1S/C6H14O7P2/c1-6(4-7)2-3-13-15(11,12)5-14(8,9)10/h2,7H,3-5H2,1H3,(H,11,12)(H2,8,9,10)/b6-2+. The molecule has 0 aromatic heterocycles. The molecule has 9 heteroatoms. The SMILES string of the molecule is C/C(=C\COP(=O)(O)CP(=O)(O)O)CO. The molecule has 0 aromatic carbocycles. The van der Waals surface area contributed by atoms with E-state index in [0.29, 0.717) is 5.57 Å². The fraction of sp³-hybridized carbons (Fsp3) is 0.667. The van der Waals surface area contributed by atoms with E-state index in [1.807, 2.05) is 0 Å². The Bertz CT molecular complexity index is 317. The van der Waals surface area contributed by atoms with E-state index in [2.05, 4.69) is 4.52 Å². The van der Waals surface area contributed by atoms with E-state index < -0.39 is 21.1 Å². The van der Waals surface area contributed by atoms with Gasteiger partial charge in [-0.1, -0.05) is 6.08 Å². The summed E-state index contributed by atoms with van der Waals surface area (Å²) in [6.07, 6.45) is 1.35. The molecule has 0 aliphatic heterocycles. The predicted octanol–water partition coefficient (Wildman–Crippen LogP) is 0.262. The van der Waals surface area contributed by atoms with Crippen molar-refractivity contribution in [3.05, 3.63) is 11.6 Å². The molecule has 0 rings (SSSR count). The fourth-order valence-corrected chi connectivity index (χ4v) is 3.13. The minimum absolute atomic E-state index is 0.211. The van der Waals surface area contributed by atoms with E-state index >= 15 is 0 Å². The molecule has 0 amide bonds. The lowest BCUT2D eigenvalue weighted by Crippen LogP contribution is -1.97. The molecule has 0 spiro atoms. The van der Waals surface area contributed by atoms with Crippen LogP contribution >= 0.6 is 15.2 Å². The van der Waals surface area contributed by atoms with Crippen molar-refractivity contribution < 1.29 is 33.4 Å². The molecule has 0 aliphatic carbocycles. The third-order valence-electron chi connectivity index (χ3n) is 1.32. The average molecular weight is 260 g/mol. The van der Waals surface area contributed by atoms with Gasteiger partial charge in [0.15, 0.2) is 5.90 Å². The summed E-state index contributed by atoms with van der Waals surface area (Å²) in [5, 5.41) is 8.57. The van der Waals surface area contributed by atoms with Crippen molar-refractivity contribution in [2.75, 3.05) is 19.1 Å². The van der Waals surface area contributed by atoms with Gasteiger partial charge in [0.2, 0.25) is 0 Å². The zero-order valence-electron chi connectivity index (χ0n) is 8.11. The van der Waals surface area contributed by atoms with Crippen LogP contribution in [0.2, 0.25) is 0 Å². The lowest BCUT2D eigenvalue weighted by molar-refractivity contribution is 0.284. The predicted molar refractivity (Wildman–Crippen MR) is 53.5 cm³/mol. The first kappa shape index (κ1) is 15.0. The maximum atomic E-state index is 11.0. The van der Waals surface area contributed by atoms with E-state index in [9.17, 15) is 9.13 Å². The number of hydrogen-bond donors (Lipinski definition) is 4. The van der Waals surface area contributed by atoms with Gasteiger partial charge in [-0.25, -0.2) is 0 Å². The first-order valence-electron chi connectivity index (χ1n) is 3.94. The van der Waals surface area contributed by atoms with E-state index in [1.54, 1.807) is 6.92 Å². The Morgan fingerprint density at radius 2 is 1.87 bits per heavy atom. The van der Waals surface area contributed by atoms with Crippen LogP contribution in [-0.4, -0.2) is 38.9 Å². The normalized spacial score (nSPS) is 17.5. The summed E-state index contributed by atoms with van der Waals surface area (Å²) >= 11 is 0. The highest BCUT2D eigenvalue weighted by molar-refractivity contribution is 7.70. The highest BCUT2D eigenvalue weighted by Gasteiger charge is 2.30. The van der Waals surface area contributed by atoms with Gasteiger partial charge >= 0.3 is 15.2 Å². The second-order valence-corrected chi connectivity index (χ2v) is 6.94. The lowest BCUT2D eigenvalue weighted by atomic mass is 10.3. The molecule has 0 radical (unpaired) electrons. The molecule has 0 heterocycles. The second-order valence-electron chi connectivity index (χ2n) is 2.95. The first-order chi connectivity index (χ1) is 6.66. The van der Waals surface area contributed by atoms with E-state index in [1.165, 1.54) is 6.08 Å². The second kappa shape index (κ2) is 5.92. The van der Waals surface area contributed by atoms with Crippen LogP contribution in [0.1, 0.15) is 6.92 Å². The Morgan fingerprint density at radius 1 is 1.33 bits per heavy atom. The zero-order valence-corrected chi connectivity index (χ0v) is 9.90. The summed E-state index contributed by atoms with van der Waals surface area (Å²) in [6.45, 7) is 1.09. The molecule has 0 fully saturated rings. The molecule has 15 heavy (non-hydrogen) atoms. The Labute approximate surface area is 87.1 Å². The van der Waals surface area contributed by atoms with E-state index in [-0.39, 0.29) is 13.2 Å². The third-order valence-corrected chi connectivity index (χ3v) is 4.78. The Kier molecular flexibility index (Phi) is 5.92. The maximum Gasteiger partial charge on any atom is 0.340 e. The quantitative estimate of drug-likeness (QED) is 0.399. The van der Waals surface area contributed by atoms with Gasteiger partial charge in [-0.05, 0) is 12.5 Å². The third kappa shape index (κ3) is 8.96. The van der Waals surface area contributed by atoms with Crippen LogP contribution in [0.5, 0.6) is 0 Å². The van der Waals surface area contributed by atoms with Crippen molar-refractivity contribution in [1.29, 1.82) is 0 Å². The minimum Gasteiger partial charge on any atom is -0.392 e. The topological polar surface area (TPSA) is 124 Å². The smallest absolute Gasteiger partial charge is 0.340 e. The number of hydrogen-bond acceptors (Lipinski definition) is 4. The molecular weight excluding hydrogens is 246 g/mol. The summed E-state index contributed by atoms with van der Waals surface area (Å²) in [6, 6.07) is 0. The monoisotopic (exact) mass is 260 g/mol. The number of aliphatic hydroxyl groups is 1. The lowest BCUT2D eigenvalue weighted by Gasteiger charge is -2.11. The van der Waals surface area contributed by atoms with E-state index in [4.69, 9.17) is 19.8 Å². The molecule has 0 aliphatic rings. The molecule has 0 saturated heterocycles. The molecule has 4 N–H and O–H groups in total. The molecule has 90 valence electrons. The molecule has 7 nitrogen and oxygen atoms in total. The Morgan fingerprint density at radius 3 is 2.27 bits per heavy atom. The van der Waals surface area contributed by atoms with Crippen LogP contribution in [0.15, 0.2) is 11.6 Å². The average Bonchev–Trinajstić information content (AvgIpc) is 1.98.